The van der Waals surface area contributed by atoms with Crippen molar-refractivity contribution in [3.8, 4) is 56.4 Å². The minimum atomic E-state index is -0.0879. The van der Waals surface area contributed by atoms with Gasteiger partial charge in [0.15, 0.2) is 17.5 Å². The number of hydrogen-bond acceptors (Lipinski definition) is 4. The maximum absolute atomic E-state index is 6.46. The predicted molar refractivity (Wildman–Crippen MR) is 186 cm³/mol. The number of benzene rings is 6. The quantitative estimate of drug-likeness (QED) is 0.204. The number of aromatic nitrogens is 3. The fourth-order valence-electron chi connectivity index (χ4n) is 7.00. The molecular formula is C42H29N3O. The zero-order valence-corrected chi connectivity index (χ0v) is 25.5. The summed E-state index contributed by atoms with van der Waals surface area (Å²) >= 11 is 0. The van der Waals surface area contributed by atoms with Crippen molar-refractivity contribution in [2.24, 2.45) is 0 Å². The van der Waals surface area contributed by atoms with E-state index in [1.165, 1.54) is 22.3 Å². The van der Waals surface area contributed by atoms with Crippen LogP contribution in [0.25, 0.3) is 78.4 Å². The van der Waals surface area contributed by atoms with Crippen molar-refractivity contribution in [3.05, 3.63) is 151 Å². The van der Waals surface area contributed by atoms with E-state index < -0.39 is 0 Å². The topological polar surface area (TPSA) is 51.8 Å². The lowest BCUT2D eigenvalue weighted by atomic mass is 9.82. The minimum absolute atomic E-state index is 0.0879. The largest absolute Gasteiger partial charge is 0.456 e. The average Bonchev–Trinajstić information content (AvgIpc) is 3.58. The van der Waals surface area contributed by atoms with E-state index in [0.29, 0.717) is 17.5 Å². The van der Waals surface area contributed by atoms with Gasteiger partial charge in [-0.25, -0.2) is 15.0 Å². The molecule has 0 N–H and O–H groups in total. The molecule has 6 aromatic carbocycles. The average molecular weight is 592 g/mol. The molecular weight excluding hydrogens is 562 g/mol. The van der Waals surface area contributed by atoms with Gasteiger partial charge in [-0.05, 0) is 63.7 Å². The van der Waals surface area contributed by atoms with E-state index in [4.69, 9.17) is 19.4 Å². The van der Waals surface area contributed by atoms with E-state index in [0.717, 1.165) is 49.8 Å². The third-order valence-corrected chi connectivity index (χ3v) is 9.35. The molecule has 0 spiro atoms. The van der Waals surface area contributed by atoms with Crippen LogP contribution in [0.3, 0.4) is 0 Å². The molecule has 2 aromatic heterocycles. The van der Waals surface area contributed by atoms with E-state index in [2.05, 4.69) is 105 Å². The Morgan fingerprint density at radius 2 is 1.00 bits per heavy atom. The number of nitrogens with zero attached hydrogens (tertiary/aromatic N) is 3. The number of fused-ring (bicyclic) bond motifs is 6. The molecule has 1 aliphatic carbocycles. The predicted octanol–water partition coefficient (Wildman–Crippen LogP) is 10.7. The Morgan fingerprint density at radius 3 is 1.76 bits per heavy atom. The lowest BCUT2D eigenvalue weighted by molar-refractivity contribution is 0.647. The second kappa shape index (κ2) is 10.1. The molecule has 0 aliphatic heterocycles. The summed E-state index contributed by atoms with van der Waals surface area (Å²) in [5.74, 6) is 1.89. The fraction of sp³-hybridized carbons (Fsp3) is 0.0714. The van der Waals surface area contributed by atoms with E-state index in [1.807, 2.05) is 48.5 Å². The summed E-state index contributed by atoms with van der Waals surface area (Å²) in [5, 5.41) is 2.14. The molecule has 4 heteroatoms. The summed E-state index contributed by atoms with van der Waals surface area (Å²) in [4.78, 5) is 15.2. The van der Waals surface area contributed by atoms with Crippen LogP contribution in [-0.2, 0) is 5.41 Å². The monoisotopic (exact) mass is 591 g/mol. The van der Waals surface area contributed by atoms with Gasteiger partial charge in [0.1, 0.15) is 11.2 Å². The molecule has 0 unspecified atom stereocenters. The van der Waals surface area contributed by atoms with Crippen LogP contribution in [0.1, 0.15) is 25.0 Å². The zero-order chi connectivity index (χ0) is 30.8. The Bertz CT molecular complexity index is 2440. The zero-order valence-electron chi connectivity index (χ0n) is 25.5. The van der Waals surface area contributed by atoms with E-state index in [9.17, 15) is 0 Å². The van der Waals surface area contributed by atoms with Gasteiger partial charge in [-0.3, -0.25) is 0 Å². The molecule has 8 aromatic rings. The van der Waals surface area contributed by atoms with Gasteiger partial charge in [-0.15, -0.1) is 0 Å². The molecule has 4 nitrogen and oxygen atoms in total. The first-order chi connectivity index (χ1) is 22.5. The first-order valence-electron chi connectivity index (χ1n) is 15.6. The van der Waals surface area contributed by atoms with Gasteiger partial charge < -0.3 is 4.42 Å². The van der Waals surface area contributed by atoms with Gasteiger partial charge in [0.05, 0.1) is 0 Å². The lowest BCUT2D eigenvalue weighted by Crippen LogP contribution is -2.14. The summed E-state index contributed by atoms with van der Waals surface area (Å²) in [6.07, 6.45) is 0. The second-order valence-electron chi connectivity index (χ2n) is 12.5. The molecule has 0 atom stereocenters. The normalized spacial score (nSPS) is 13.2. The smallest absolute Gasteiger partial charge is 0.164 e. The third-order valence-electron chi connectivity index (χ3n) is 9.35. The first kappa shape index (κ1) is 26.5. The molecule has 0 saturated heterocycles. The van der Waals surface area contributed by atoms with Crippen LogP contribution in [0.2, 0.25) is 0 Å². The van der Waals surface area contributed by atoms with Crippen LogP contribution in [0, 0.1) is 0 Å². The van der Waals surface area contributed by atoms with E-state index in [1.54, 1.807) is 0 Å². The number of rotatable bonds is 4. The standard InChI is InChI=1S/C42H29N3O/c1-42(2)35-20-12-11-18-30(35)32-24-34-33-23-28(21-22-37(33)46-38(34)25-36(32)42)40-43-39(27-15-7-4-8-16-27)44-41(45-40)31-19-10-9-17-29(31)26-13-5-3-6-14-26/h3-25H,1-2H3. The van der Waals surface area contributed by atoms with Gasteiger partial charge in [-0.1, -0.05) is 123 Å². The van der Waals surface area contributed by atoms with Crippen molar-refractivity contribution in [1.29, 1.82) is 0 Å². The van der Waals surface area contributed by atoms with Crippen LogP contribution < -0.4 is 0 Å². The van der Waals surface area contributed by atoms with E-state index in [-0.39, 0.29) is 5.41 Å². The Hall–Kier alpha value is -5.87. The summed E-state index contributed by atoms with van der Waals surface area (Å²) in [7, 11) is 0. The van der Waals surface area contributed by atoms with Crippen molar-refractivity contribution in [1.82, 2.24) is 15.0 Å². The van der Waals surface area contributed by atoms with Crippen molar-refractivity contribution in [3.63, 3.8) is 0 Å². The van der Waals surface area contributed by atoms with Crippen LogP contribution in [0.15, 0.2) is 144 Å². The summed E-state index contributed by atoms with van der Waals surface area (Å²) in [5.41, 5.74) is 11.9. The molecule has 218 valence electrons. The van der Waals surface area contributed by atoms with Crippen LogP contribution >= 0.6 is 0 Å². The van der Waals surface area contributed by atoms with Gasteiger partial charge in [0.2, 0.25) is 0 Å². The molecule has 0 radical (unpaired) electrons. The van der Waals surface area contributed by atoms with Crippen molar-refractivity contribution < 1.29 is 4.42 Å². The van der Waals surface area contributed by atoms with Gasteiger partial charge in [0, 0.05) is 32.9 Å². The second-order valence-corrected chi connectivity index (χ2v) is 12.5. The number of furan rings is 1. The summed E-state index contributed by atoms with van der Waals surface area (Å²) in [6.45, 7) is 4.59. The molecule has 0 amide bonds. The Kier molecular flexibility index (Phi) is 5.81. The van der Waals surface area contributed by atoms with Crippen LogP contribution in [0.5, 0.6) is 0 Å². The summed E-state index contributed by atoms with van der Waals surface area (Å²) < 4.78 is 6.46. The van der Waals surface area contributed by atoms with E-state index >= 15 is 0 Å². The molecule has 2 heterocycles. The molecule has 0 saturated carbocycles. The van der Waals surface area contributed by atoms with Gasteiger partial charge in [0.25, 0.3) is 0 Å². The maximum atomic E-state index is 6.46. The van der Waals surface area contributed by atoms with Crippen LogP contribution in [0.4, 0.5) is 0 Å². The Morgan fingerprint density at radius 1 is 0.413 bits per heavy atom. The SMILES string of the molecule is CC1(C)c2ccccc2-c2cc3c(cc21)oc1ccc(-c2nc(-c4ccccc4)nc(-c4ccccc4-c4ccccc4)n2)cc13. The highest BCUT2D eigenvalue weighted by Gasteiger charge is 2.36. The van der Waals surface area contributed by atoms with Crippen molar-refractivity contribution in [2.45, 2.75) is 19.3 Å². The van der Waals surface area contributed by atoms with Gasteiger partial charge >= 0.3 is 0 Å². The summed E-state index contributed by atoms with van der Waals surface area (Å²) in [6, 6.07) is 48.3. The van der Waals surface area contributed by atoms with Gasteiger partial charge in [-0.2, -0.15) is 0 Å². The highest BCUT2D eigenvalue weighted by atomic mass is 16.3. The van der Waals surface area contributed by atoms with Crippen molar-refractivity contribution >= 4 is 21.9 Å². The maximum Gasteiger partial charge on any atom is 0.164 e. The van der Waals surface area contributed by atoms with Crippen molar-refractivity contribution in [2.75, 3.05) is 0 Å². The van der Waals surface area contributed by atoms with Crippen LogP contribution in [-0.4, -0.2) is 15.0 Å². The molecule has 0 fully saturated rings. The first-order valence-corrected chi connectivity index (χ1v) is 15.6. The molecule has 0 bridgehead atoms. The Balaban J connectivity index is 1.25. The third kappa shape index (κ3) is 4.11. The molecule has 46 heavy (non-hydrogen) atoms. The highest BCUT2D eigenvalue weighted by Crippen LogP contribution is 2.50. The Labute approximate surface area is 267 Å². The lowest BCUT2D eigenvalue weighted by Gasteiger charge is -2.21. The fourth-order valence-corrected chi connectivity index (χ4v) is 7.00. The number of hydrogen-bond donors (Lipinski definition) is 0. The molecule has 1 aliphatic rings. The molecule has 9 rings (SSSR count). The minimum Gasteiger partial charge on any atom is -0.456 e. The highest BCUT2D eigenvalue weighted by molar-refractivity contribution is 6.08.